The second-order valence-corrected chi connectivity index (χ2v) is 3.62. The van der Waals surface area contributed by atoms with Crippen LogP contribution in [0.5, 0.6) is 0 Å². The van der Waals surface area contributed by atoms with Crippen LogP contribution in [0.25, 0.3) is 0 Å². The lowest BCUT2D eigenvalue weighted by Gasteiger charge is -2.25. The number of rotatable bonds is 2. The molecule has 0 atom stereocenters. The monoisotopic (exact) mass is 192 g/mol. The zero-order valence-electron chi connectivity index (χ0n) is 8.75. The average molecular weight is 192 g/mol. The zero-order valence-corrected chi connectivity index (χ0v) is 8.75. The Morgan fingerprint density at radius 1 is 1.64 bits per heavy atom. The summed E-state index contributed by atoms with van der Waals surface area (Å²) in [7, 11) is 2.02. The zero-order chi connectivity index (χ0) is 10.1. The van der Waals surface area contributed by atoms with Gasteiger partial charge in [0.15, 0.2) is 5.82 Å². The summed E-state index contributed by atoms with van der Waals surface area (Å²) in [6, 6.07) is 0. The van der Waals surface area contributed by atoms with Gasteiger partial charge in [0, 0.05) is 13.6 Å². The molecular formula is C10H16N4. The van der Waals surface area contributed by atoms with E-state index in [1.165, 1.54) is 0 Å². The molecule has 0 aliphatic carbocycles. The van der Waals surface area contributed by atoms with Gasteiger partial charge >= 0.3 is 0 Å². The van der Waals surface area contributed by atoms with Crippen LogP contribution in [0.4, 0.5) is 0 Å². The largest absolute Gasteiger partial charge is 0.363 e. The molecule has 4 heteroatoms. The minimum Gasteiger partial charge on any atom is -0.363 e. The van der Waals surface area contributed by atoms with E-state index in [1.54, 1.807) is 0 Å². The van der Waals surface area contributed by atoms with Gasteiger partial charge in [0.05, 0.1) is 18.7 Å². The van der Waals surface area contributed by atoms with Crippen molar-refractivity contribution in [3.63, 3.8) is 0 Å². The number of nitrogens with one attached hydrogen (secondary N) is 1. The fraction of sp³-hybridized carbons (Fsp3) is 0.500. The van der Waals surface area contributed by atoms with Crippen LogP contribution in [0.2, 0.25) is 0 Å². The molecule has 14 heavy (non-hydrogen) atoms. The Morgan fingerprint density at radius 2 is 2.43 bits per heavy atom. The van der Waals surface area contributed by atoms with Crippen molar-refractivity contribution in [3.8, 4) is 0 Å². The second-order valence-electron chi connectivity index (χ2n) is 3.62. The van der Waals surface area contributed by atoms with Gasteiger partial charge in [-0.05, 0) is 6.42 Å². The number of hydrogen-bond donors (Lipinski definition) is 1. The van der Waals surface area contributed by atoms with Crippen molar-refractivity contribution in [1.29, 1.82) is 0 Å². The lowest BCUT2D eigenvalue weighted by Crippen LogP contribution is -2.28. The van der Waals surface area contributed by atoms with Crippen molar-refractivity contribution in [2.45, 2.75) is 13.3 Å². The summed E-state index contributed by atoms with van der Waals surface area (Å²) >= 11 is 0. The van der Waals surface area contributed by atoms with E-state index in [0.29, 0.717) is 0 Å². The van der Waals surface area contributed by atoms with Crippen molar-refractivity contribution in [2.24, 2.45) is 4.99 Å². The maximum atomic E-state index is 4.41. The Morgan fingerprint density at radius 3 is 3.14 bits per heavy atom. The van der Waals surface area contributed by atoms with Gasteiger partial charge in [-0.25, -0.2) is 4.99 Å². The summed E-state index contributed by atoms with van der Waals surface area (Å²) in [6.07, 6.45) is 2.97. The predicted molar refractivity (Wildman–Crippen MR) is 57.4 cm³/mol. The van der Waals surface area contributed by atoms with E-state index in [4.69, 9.17) is 0 Å². The van der Waals surface area contributed by atoms with Crippen molar-refractivity contribution < 1.29 is 0 Å². The van der Waals surface area contributed by atoms with Crippen molar-refractivity contribution >= 4 is 6.34 Å². The number of nitrogens with zero attached hydrogens (tertiary/aromatic N) is 3. The van der Waals surface area contributed by atoms with E-state index in [0.717, 1.165) is 36.8 Å². The molecule has 2 aliphatic heterocycles. The van der Waals surface area contributed by atoms with Crippen molar-refractivity contribution in [1.82, 2.24) is 15.1 Å². The van der Waals surface area contributed by atoms with Gasteiger partial charge in [-0.1, -0.05) is 13.5 Å². The third kappa shape index (κ3) is 1.27. The van der Waals surface area contributed by atoms with Crippen LogP contribution < -0.4 is 5.32 Å². The third-order valence-corrected chi connectivity index (χ3v) is 2.50. The summed E-state index contributed by atoms with van der Waals surface area (Å²) in [4.78, 5) is 8.58. The molecular weight excluding hydrogens is 176 g/mol. The minimum atomic E-state index is 0.820. The highest BCUT2D eigenvalue weighted by Crippen LogP contribution is 2.25. The highest BCUT2D eigenvalue weighted by Gasteiger charge is 2.25. The highest BCUT2D eigenvalue weighted by molar-refractivity contribution is 5.65. The molecule has 76 valence electrons. The van der Waals surface area contributed by atoms with Crippen LogP contribution in [0.3, 0.4) is 0 Å². The van der Waals surface area contributed by atoms with Crippen molar-refractivity contribution in [3.05, 3.63) is 23.8 Å². The van der Waals surface area contributed by atoms with Gasteiger partial charge in [0.2, 0.25) is 0 Å². The molecule has 0 radical (unpaired) electrons. The summed E-state index contributed by atoms with van der Waals surface area (Å²) in [5.41, 5.74) is 2.10. The van der Waals surface area contributed by atoms with Crippen molar-refractivity contribution in [2.75, 3.05) is 20.3 Å². The predicted octanol–water partition coefficient (Wildman–Crippen LogP) is 0.916. The SMILES string of the molecule is C=C1C2=C(N=CN1CCC)N(C)CN2. The summed E-state index contributed by atoms with van der Waals surface area (Å²) in [5.74, 6) is 1.00. The van der Waals surface area contributed by atoms with E-state index in [2.05, 4.69) is 33.6 Å². The average Bonchev–Trinajstić information content (AvgIpc) is 2.54. The number of hydrogen-bond acceptors (Lipinski definition) is 4. The molecule has 0 aromatic heterocycles. The topological polar surface area (TPSA) is 30.9 Å². The molecule has 2 heterocycles. The van der Waals surface area contributed by atoms with Gasteiger partial charge in [-0.2, -0.15) is 0 Å². The van der Waals surface area contributed by atoms with Gasteiger partial charge in [-0.15, -0.1) is 0 Å². The summed E-state index contributed by atoms with van der Waals surface area (Å²) in [6.45, 7) is 8.03. The first kappa shape index (κ1) is 9.12. The summed E-state index contributed by atoms with van der Waals surface area (Å²) < 4.78 is 0. The molecule has 0 aromatic carbocycles. The lowest BCUT2D eigenvalue weighted by molar-refractivity contribution is 0.437. The van der Waals surface area contributed by atoms with E-state index >= 15 is 0 Å². The molecule has 0 spiro atoms. The standard InChI is InChI=1S/C10H16N4/c1-4-5-14-7-12-10-9(8(14)2)11-6-13(10)3/h7,11H,2,4-6H2,1,3H3. The minimum absolute atomic E-state index is 0.820. The lowest BCUT2D eigenvalue weighted by atomic mass is 10.2. The maximum Gasteiger partial charge on any atom is 0.157 e. The molecule has 0 fully saturated rings. The molecule has 0 saturated carbocycles. The first-order chi connectivity index (χ1) is 6.74. The molecule has 0 unspecified atom stereocenters. The third-order valence-electron chi connectivity index (χ3n) is 2.50. The molecule has 0 amide bonds. The maximum absolute atomic E-state index is 4.41. The van der Waals surface area contributed by atoms with Crippen LogP contribution in [0.1, 0.15) is 13.3 Å². The molecule has 1 N–H and O–H groups in total. The summed E-state index contributed by atoms with van der Waals surface area (Å²) in [5, 5.41) is 3.30. The van der Waals surface area contributed by atoms with Crippen LogP contribution >= 0.6 is 0 Å². The fourth-order valence-corrected chi connectivity index (χ4v) is 1.71. The molecule has 4 nitrogen and oxygen atoms in total. The van der Waals surface area contributed by atoms with Gasteiger partial charge in [0.1, 0.15) is 5.70 Å². The Hall–Kier alpha value is -1.45. The Labute approximate surface area is 84.6 Å². The van der Waals surface area contributed by atoms with E-state index in [9.17, 15) is 0 Å². The normalized spacial score (nSPS) is 20.3. The smallest absolute Gasteiger partial charge is 0.157 e. The fourth-order valence-electron chi connectivity index (χ4n) is 1.71. The number of aliphatic imine (C=N–C) groups is 1. The quantitative estimate of drug-likeness (QED) is 0.705. The van der Waals surface area contributed by atoms with Crippen LogP contribution in [-0.4, -0.2) is 36.4 Å². The first-order valence-electron chi connectivity index (χ1n) is 4.93. The molecule has 0 saturated heterocycles. The van der Waals surface area contributed by atoms with Gasteiger partial charge in [-0.3, -0.25) is 0 Å². The Kier molecular flexibility index (Phi) is 2.19. The molecule has 0 aromatic rings. The van der Waals surface area contributed by atoms with Crippen LogP contribution in [0, 0.1) is 0 Å². The highest BCUT2D eigenvalue weighted by atomic mass is 15.4. The van der Waals surface area contributed by atoms with Crippen LogP contribution in [-0.2, 0) is 0 Å². The van der Waals surface area contributed by atoms with Gasteiger partial charge in [0.25, 0.3) is 0 Å². The van der Waals surface area contributed by atoms with E-state index in [1.807, 2.05) is 13.4 Å². The Balaban J connectivity index is 2.21. The van der Waals surface area contributed by atoms with E-state index in [-0.39, 0.29) is 0 Å². The van der Waals surface area contributed by atoms with Crippen LogP contribution in [0.15, 0.2) is 28.8 Å². The molecule has 2 rings (SSSR count). The Bertz CT molecular complexity index is 316. The van der Waals surface area contributed by atoms with E-state index < -0.39 is 0 Å². The second kappa shape index (κ2) is 3.36. The molecule has 0 bridgehead atoms. The van der Waals surface area contributed by atoms with Gasteiger partial charge < -0.3 is 15.1 Å². The first-order valence-corrected chi connectivity index (χ1v) is 4.93. The molecule has 2 aliphatic rings.